The predicted octanol–water partition coefficient (Wildman–Crippen LogP) is 2.88. The average molecular weight is 317 g/mol. The van der Waals surface area contributed by atoms with E-state index in [9.17, 15) is 10.1 Å². The van der Waals surface area contributed by atoms with Crippen LogP contribution in [-0.4, -0.2) is 15.7 Å². The van der Waals surface area contributed by atoms with Crippen LogP contribution in [0.25, 0.3) is 10.9 Å². The van der Waals surface area contributed by atoms with Crippen molar-refractivity contribution in [2.45, 2.75) is 13.8 Å². The summed E-state index contributed by atoms with van der Waals surface area (Å²) in [5.74, 6) is 0.138. The third-order valence-electron chi connectivity index (χ3n) is 3.62. The molecule has 6 nitrogen and oxygen atoms in total. The van der Waals surface area contributed by atoms with Crippen molar-refractivity contribution in [1.29, 1.82) is 5.26 Å². The first kappa shape index (κ1) is 15.4. The zero-order valence-electron chi connectivity index (χ0n) is 13.3. The summed E-state index contributed by atoms with van der Waals surface area (Å²) in [5, 5.41) is 13.9. The van der Waals surface area contributed by atoms with Crippen LogP contribution in [0.5, 0.6) is 0 Å². The molecule has 0 fully saturated rings. The fraction of sp³-hybridized carbons (Fsp3) is 0.111. The van der Waals surface area contributed by atoms with Crippen molar-refractivity contribution >= 4 is 22.3 Å². The van der Waals surface area contributed by atoms with Crippen LogP contribution in [-0.2, 0) is 0 Å². The molecule has 0 aliphatic rings. The highest BCUT2D eigenvalue weighted by molar-refractivity contribution is 6.10. The molecule has 2 N–H and O–H groups in total. The first-order valence-electron chi connectivity index (χ1n) is 7.39. The first-order valence-corrected chi connectivity index (χ1v) is 7.39. The Morgan fingerprint density at radius 1 is 1.25 bits per heavy atom. The second kappa shape index (κ2) is 6.34. The number of aromatic amines is 1. The third kappa shape index (κ3) is 3.01. The highest BCUT2D eigenvalue weighted by Crippen LogP contribution is 2.16. The Labute approximate surface area is 138 Å². The molecule has 1 aromatic heterocycles. The summed E-state index contributed by atoms with van der Waals surface area (Å²) < 4.78 is 0. The number of hydrazone groups is 1. The number of H-pyrrole nitrogens is 1. The van der Waals surface area contributed by atoms with Gasteiger partial charge < -0.3 is 4.98 Å². The Bertz CT molecular complexity index is 1040. The van der Waals surface area contributed by atoms with Gasteiger partial charge in [-0.2, -0.15) is 10.4 Å². The van der Waals surface area contributed by atoms with Gasteiger partial charge >= 0.3 is 0 Å². The van der Waals surface area contributed by atoms with E-state index in [0.29, 0.717) is 10.9 Å². The van der Waals surface area contributed by atoms with Crippen LogP contribution < -0.4 is 11.0 Å². The van der Waals surface area contributed by atoms with Gasteiger partial charge in [0.2, 0.25) is 5.71 Å². The minimum Gasteiger partial charge on any atom is -0.304 e. The van der Waals surface area contributed by atoms with Crippen molar-refractivity contribution in [3.63, 3.8) is 0 Å². The summed E-state index contributed by atoms with van der Waals surface area (Å²) in [6.07, 6.45) is 0. The molecule has 0 radical (unpaired) electrons. The standard InChI is InChI=1S/C18H15N5O/c1-11-7-8-12(2)15(9-11)22-23-16(10-19)17-20-14-6-4-3-5-13(14)18(24)21-17/h3-9,22H,1-2H3,(H,20,21,24)/b23-16+. The molecule has 0 amide bonds. The van der Waals surface area contributed by atoms with E-state index in [2.05, 4.69) is 20.5 Å². The summed E-state index contributed by atoms with van der Waals surface area (Å²) in [6.45, 7) is 3.92. The van der Waals surface area contributed by atoms with E-state index in [1.807, 2.05) is 38.1 Å². The van der Waals surface area contributed by atoms with E-state index < -0.39 is 0 Å². The Kier molecular flexibility index (Phi) is 4.08. The molecule has 0 spiro atoms. The summed E-state index contributed by atoms with van der Waals surface area (Å²) in [4.78, 5) is 19.0. The molecule has 2 aromatic carbocycles. The quantitative estimate of drug-likeness (QED) is 0.573. The summed E-state index contributed by atoms with van der Waals surface area (Å²) in [6, 6.07) is 14.8. The molecule has 6 heteroatoms. The number of nitrogens with one attached hydrogen (secondary N) is 2. The lowest BCUT2D eigenvalue weighted by molar-refractivity contribution is 1.13. The maximum Gasteiger partial charge on any atom is 0.259 e. The van der Waals surface area contributed by atoms with Gasteiger partial charge in [-0.05, 0) is 43.2 Å². The third-order valence-corrected chi connectivity index (χ3v) is 3.62. The first-order chi connectivity index (χ1) is 11.6. The molecule has 0 aliphatic heterocycles. The summed E-state index contributed by atoms with van der Waals surface area (Å²) >= 11 is 0. The zero-order valence-corrected chi connectivity index (χ0v) is 13.3. The minimum atomic E-state index is -0.301. The lowest BCUT2D eigenvalue weighted by atomic mass is 10.1. The van der Waals surface area contributed by atoms with Crippen LogP contribution in [0.15, 0.2) is 52.4 Å². The molecule has 24 heavy (non-hydrogen) atoms. The number of hydrogen-bond acceptors (Lipinski definition) is 5. The number of nitrogens with zero attached hydrogens (tertiary/aromatic N) is 3. The van der Waals surface area contributed by atoms with E-state index in [1.165, 1.54) is 0 Å². The highest BCUT2D eigenvalue weighted by atomic mass is 16.1. The Morgan fingerprint density at radius 2 is 2.04 bits per heavy atom. The molecule has 1 heterocycles. The maximum absolute atomic E-state index is 12.1. The summed E-state index contributed by atoms with van der Waals surface area (Å²) in [7, 11) is 0. The number of aryl methyl sites for hydroxylation is 2. The van der Waals surface area contributed by atoms with Gasteiger partial charge in [-0.15, -0.1) is 0 Å². The maximum atomic E-state index is 12.1. The molecule has 0 saturated carbocycles. The topological polar surface area (TPSA) is 93.9 Å². The molecule has 3 aromatic rings. The van der Waals surface area contributed by atoms with Crippen molar-refractivity contribution < 1.29 is 0 Å². The smallest absolute Gasteiger partial charge is 0.259 e. The van der Waals surface area contributed by atoms with Crippen LogP contribution in [0.1, 0.15) is 17.0 Å². The van der Waals surface area contributed by atoms with Crippen molar-refractivity contribution in [3.05, 3.63) is 69.8 Å². The molecule has 0 aliphatic carbocycles. The van der Waals surface area contributed by atoms with E-state index in [1.54, 1.807) is 24.3 Å². The molecule has 0 saturated heterocycles. The molecule has 0 atom stereocenters. The van der Waals surface area contributed by atoms with Crippen molar-refractivity contribution in [2.75, 3.05) is 5.43 Å². The van der Waals surface area contributed by atoms with E-state index in [0.717, 1.165) is 16.8 Å². The minimum absolute atomic E-state index is 0.0127. The number of benzene rings is 2. The van der Waals surface area contributed by atoms with Crippen LogP contribution in [0, 0.1) is 25.2 Å². The zero-order chi connectivity index (χ0) is 17.1. The van der Waals surface area contributed by atoms with Gasteiger partial charge in [0, 0.05) is 0 Å². The second-order valence-corrected chi connectivity index (χ2v) is 5.43. The fourth-order valence-electron chi connectivity index (χ4n) is 2.30. The van der Waals surface area contributed by atoms with Gasteiger partial charge in [0.1, 0.15) is 6.07 Å². The molecular weight excluding hydrogens is 302 g/mol. The van der Waals surface area contributed by atoms with E-state index in [4.69, 9.17) is 0 Å². The van der Waals surface area contributed by atoms with Gasteiger partial charge in [-0.3, -0.25) is 10.2 Å². The van der Waals surface area contributed by atoms with Crippen LogP contribution in [0.4, 0.5) is 5.69 Å². The molecule has 0 bridgehead atoms. The Hall–Kier alpha value is -3.46. The molecule has 0 unspecified atom stereocenters. The van der Waals surface area contributed by atoms with Crippen molar-refractivity contribution in [2.24, 2.45) is 5.10 Å². The number of para-hydroxylation sites is 1. The van der Waals surface area contributed by atoms with E-state index >= 15 is 0 Å². The monoisotopic (exact) mass is 317 g/mol. The number of fused-ring (bicyclic) bond motifs is 1. The van der Waals surface area contributed by atoms with Gasteiger partial charge in [0.05, 0.1) is 16.6 Å². The number of hydrogen-bond donors (Lipinski definition) is 2. The number of rotatable bonds is 3. The van der Waals surface area contributed by atoms with Gasteiger partial charge in [-0.25, -0.2) is 4.98 Å². The van der Waals surface area contributed by atoms with Gasteiger partial charge in [-0.1, -0.05) is 24.3 Å². The normalized spacial score (nSPS) is 11.3. The largest absolute Gasteiger partial charge is 0.304 e. The lowest BCUT2D eigenvalue weighted by Gasteiger charge is -2.07. The van der Waals surface area contributed by atoms with Gasteiger partial charge in [0.15, 0.2) is 5.82 Å². The van der Waals surface area contributed by atoms with Crippen LogP contribution in [0.2, 0.25) is 0 Å². The number of nitriles is 1. The van der Waals surface area contributed by atoms with Crippen molar-refractivity contribution in [1.82, 2.24) is 9.97 Å². The lowest BCUT2D eigenvalue weighted by Crippen LogP contribution is -2.16. The molecule has 3 rings (SSSR count). The van der Waals surface area contributed by atoms with Crippen molar-refractivity contribution in [3.8, 4) is 6.07 Å². The van der Waals surface area contributed by atoms with Crippen LogP contribution >= 0.6 is 0 Å². The van der Waals surface area contributed by atoms with Gasteiger partial charge in [0.25, 0.3) is 5.56 Å². The highest BCUT2D eigenvalue weighted by Gasteiger charge is 2.09. The Balaban J connectivity index is 2.01. The average Bonchev–Trinajstić information content (AvgIpc) is 2.58. The van der Waals surface area contributed by atoms with E-state index in [-0.39, 0.29) is 17.1 Å². The second-order valence-electron chi connectivity index (χ2n) is 5.43. The number of aromatic nitrogens is 2. The predicted molar refractivity (Wildman–Crippen MR) is 94.1 cm³/mol. The number of anilines is 1. The summed E-state index contributed by atoms with van der Waals surface area (Å²) in [5.41, 5.74) is 5.98. The SMILES string of the molecule is Cc1ccc(C)c(N/N=C(\C#N)c2nc3ccccc3c(=O)[nH]2)c1. The van der Waals surface area contributed by atoms with Crippen LogP contribution in [0.3, 0.4) is 0 Å². The molecular formula is C18H15N5O. The fourth-order valence-corrected chi connectivity index (χ4v) is 2.30. The molecule has 118 valence electrons. The Morgan fingerprint density at radius 3 is 2.83 bits per heavy atom.